The van der Waals surface area contributed by atoms with Gasteiger partial charge in [-0.05, 0) is 39.9 Å². The van der Waals surface area contributed by atoms with Gasteiger partial charge in [0.1, 0.15) is 0 Å². The van der Waals surface area contributed by atoms with Crippen LogP contribution in [0.1, 0.15) is 52.4 Å². The van der Waals surface area contributed by atoms with Gasteiger partial charge in [0.25, 0.3) is 0 Å². The van der Waals surface area contributed by atoms with Crippen LogP contribution in [0.5, 0.6) is 0 Å². The summed E-state index contributed by atoms with van der Waals surface area (Å²) < 4.78 is 0. The fraction of sp³-hybridized carbons (Fsp3) is 0.933. The molecule has 1 rings (SSSR count). The molecule has 0 aromatic rings. The van der Waals surface area contributed by atoms with Gasteiger partial charge in [0, 0.05) is 24.5 Å². The van der Waals surface area contributed by atoms with Crippen LogP contribution in [0, 0.1) is 0 Å². The molecule has 0 bridgehead atoms. The average Bonchev–Trinajstić information content (AvgIpc) is 2.82. The molecule has 0 aromatic heterocycles. The van der Waals surface area contributed by atoms with Crippen molar-refractivity contribution in [1.29, 1.82) is 0 Å². The van der Waals surface area contributed by atoms with Gasteiger partial charge in [-0.15, -0.1) is 0 Å². The fourth-order valence-electron chi connectivity index (χ4n) is 2.81. The van der Waals surface area contributed by atoms with Crippen LogP contribution in [-0.2, 0) is 4.79 Å². The molecule has 1 amide bonds. The Kier molecular flexibility index (Phi) is 6.80. The van der Waals surface area contributed by atoms with Gasteiger partial charge in [-0.3, -0.25) is 4.79 Å². The van der Waals surface area contributed by atoms with Gasteiger partial charge in [-0.1, -0.05) is 26.7 Å². The van der Waals surface area contributed by atoms with Crippen molar-refractivity contribution in [2.75, 3.05) is 27.2 Å². The van der Waals surface area contributed by atoms with E-state index in [0.717, 1.165) is 19.5 Å². The molecule has 0 spiro atoms. The molecular formula is C15H31N3O. The van der Waals surface area contributed by atoms with E-state index in [-0.39, 0.29) is 11.4 Å². The number of carbonyl (C=O) groups excluding carboxylic acids is 1. The lowest BCUT2D eigenvalue weighted by atomic mass is 9.96. The van der Waals surface area contributed by atoms with Crippen LogP contribution >= 0.6 is 0 Å². The Labute approximate surface area is 118 Å². The van der Waals surface area contributed by atoms with Crippen molar-refractivity contribution in [2.45, 2.75) is 64.0 Å². The Bertz CT molecular complexity index is 271. The third kappa shape index (κ3) is 5.49. The summed E-state index contributed by atoms with van der Waals surface area (Å²) in [6.45, 7) is 5.97. The van der Waals surface area contributed by atoms with Crippen molar-refractivity contribution in [2.24, 2.45) is 0 Å². The van der Waals surface area contributed by atoms with Crippen LogP contribution in [0.4, 0.5) is 0 Å². The minimum Gasteiger partial charge on any atom is -0.354 e. The van der Waals surface area contributed by atoms with Crippen molar-refractivity contribution >= 4 is 5.91 Å². The molecule has 2 N–H and O–H groups in total. The highest BCUT2D eigenvalue weighted by Gasteiger charge is 2.35. The predicted octanol–water partition coefficient (Wildman–Crippen LogP) is 1.76. The molecule has 0 heterocycles. The molecule has 0 aromatic carbocycles. The molecule has 0 atom stereocenters. The third-order valence-corrected chi connectivity index (χ3v) is 4.23. The zero-order valence-electron chi connectivity index (χ0n) is 13.1. The zero-order chi connectivity index (χ0) is 14.3. The number of rotatable bonds is 8. The third-order valence-electron chi connectivity index (χ3n) is 4.23. The first-order chi connectivity index (χ1) is 8.96. The topological polar surface area (TPSA) is 44.4 Å². The maximum atomic E-state index is 11.9. The monoisotopic (exact) mass is 269 g/mol. The van der Waals surface area contributed by atoms with E-state index in [1.165, 1.54) is 25.7 Å². The molecule has 1 fully saturated rings. The predicted molar refractivity (Wildman–Crippen MR) is 80.3 cm³/mol. The SMILES string of the molecule is CC(C)NCCCC(=O)NCC1(N(C)C)CCCC1. The average molecular weight is 269 g/mol. The lowest BCUT2D eigenvalue weighted by Gasteiger charge is -2.36. The van der Waals surface area contributed by atoms with Crippen LogP contribution in [0.25, 0.3) is 0 Å². The minimum absolute atomic E-state index is 0.193. The molecule has 0 radical (unpaired) electrons. The maximum absolute atomic E-state index is 11.9. The molecule has 1 aliphatic carbocycles. The first kappa shape index (κ1) is 16.4. The smallest absolute Gasteiger partial charge is 0.220 e. The first-order valence-corrected chi connectivity index (χ1v) is 7.64. The lowest BCUT2D eigenvalue weighted by Crippen LogP contribution is -2.50. The maximum Gasteiger partial charge on any atom is 0.220 e. The molecule has 0 unspecified atom stereocenters. The molecule has 1 saturated carbocycles. The summed E-state index contributed by atoms with van der Waals surface area (Å²) in [5.74, 6) is 0.193. The van der Waals surface area contributed by atoms with E-state index < -0.39 is 0 Å². The molecule has 112 valence electrons. The number of amides is 1. The van der Waals surface area contributed by atoms with E-state index in [9.17, 15) is 4.79 Å². The molecule has 4 heteroatoms. The molecule has 4 nitrogen and oxygen atoms in total. The normalized spacial score (nSPS) is 18.2. The number of hydrogen-bond donors (Lipinski definition) is 2. The van der Waals surface area contributed by atoms with E-state index >= 15 is 0 Å². The van der Waals surface area contributed by atoms with E-state index in [0.29, 0.717) is 12.5 Å². The highest BCUT2D eigenvalue weighted by atomic mass is 16.1. The second kappa shape index (κ2) is 7.85. The largest absolute Gasteiger partial charge is 0.354 e. The number of likely N-dealkylation sites (N-methyl/N-ethyl adjacent to an activating group) is 1. The van der Waals surface area contributed by atoms with E-state index in [1.54, 1.807) is 0 Å². The molecular weight excluding hydrogens is 238 g/mol. The quantitative estimate of drug-likeness (QED) is 0.660. The summed E-state index contributed by atoms with van der Waals surface area (Å²) in [6.07, 6.45) is 6.52. The van der Waals surface area contributed by atoms with Crippen molar-refractivity contribution in [3.63, 3.8) is 0 Å². The molecule has 0 aliphatic heterocycles. The zero-order valence-corrected chi connectivity index (χ0v) is 13.1. The highest BCUT2D eigenvalue weighted by Crippen LogP contribution is 2.33. The van der Waals surface area contributed by atoms with Gasteiger partial charge in [0.05, 0.1) is 0 Å². The number of carbonyl (C=O) groups is 1. The van der Waals surface area contributed by atoms with Crippen molar-refractivity contribution in [3.8, 4) is 0 Å². The summed E-state index contributed by atoms with van der Waals surface area (Å²) in [5, 5.41) is 6.46. The first-order valence-electron chi connectivity index (χ1n) is 7.64. The van der Waals surface area contributed by atoms with Gasteiger partial charge in [-0.2, -0.15) is 0 Å². The van der Waals surface area contributed by atoms with Crippen molar-refractivity contribution in [3.05, 3.63) is 0 Å². The standard InChI is InChI=1S/C15H31N3O/c1-13(2)16-11-7-8-14(19)17-12-15(18(3)4)9-5-6-10-15/h13,16H,5-12H2,1-4H3,(H,17,19). The van der Waals surface area contributed by atoms with Crippen LogP contribution in [0.2, 0.25) is 0 Å². The second-order valence-electron chi connectivity index (χ2n) is 6.31. The Morgan fingerprint density at radius 1 is 1.26 bits per heavy atom. The molecule has 1 aliphatic rings. The van der Waals surface area contributed by atoms with E-state index in [2.05, 4.69) is 43.5 Å². The lowest BCUT2D eigenvalue weighted by molar-refractivity contribution is -0.121. The Balaban J connectivity index is 2.21. The van der Waals surface area contributed by atoms with Crippen LogP contribution in [-0.4, -0.2) is 49.6 Å². The van der Waals surface area contributed by atoms with E-state index in [1.807, 2.05) is 0 Å². The van der Waals surface area contributed by atoms with Crippen LogP contribution in [0.15, 0.2) is 0 Å². The van der Waals surface area contributed by atoms with Crippen LogP contribution in [0.3, 0.4) is 0 Å². The highest BCUT2D eigenvalue weighted by molar-refractivity contribution is 5.75. The fourth-order valence-corrected chi connectivity index (χ4v) is 2.81. The summed E-state index contributed by atoms with van der Waals surface area (Å²) in [6, 6.07) is 0.499. The Hall–Kier alpha value is -0.610. The van der Waals surface area contributed by atoms with Gasteiger partial charge in [-0.25, -0.2) is 0 Å². The number of nitrogens with zero attached hydrogens (tertiary/aromatic N) is 1. The minimum atomic E-state index is 0.193. The summed E-state index contributed by atoms with van der Waals surface area (Å²) in [4.78, 5) is 14.1. The molecule has 0 saturated heterocycles. The summed E-state index contributed by atoms with van der Waals surface area (Å²) in [7, 11) is 4.26. The Morgan fingerprint density at radius 3 is 2.42 bits per heavy atom. The van der Waals surface area contributed by atoms with Crippen molar-refractivity contribution < 1.29 is 4.79 Å². The van der Waals surface area contributed by atoms with E-state index in [4.69, 9.17) is 0 Å². The van der Waals surface area contributed by atoms with Gasteiger partial charge < -0.3 is 15.5 Å². The molecule has 19 heavy (non-hydrogen) atoms. The van der Waals surface area contributed by atoms with Gasteiger partial charge in [0.2, 0.25) is 5.91 Å². The van der Waals surface area contributed by atoms with Gasteiger partial charge >= 0.3 is 0 Å². The number of nitrogens with one attached hydrogen (secondary N) is 2. The van der Waals surface area contributed by atoms with Crippen LogP contribution < -0.4 is 10.6 Å². The number of hydrogen-bond acceptors (Lipinski definition) is 3. The van der Waals surface area contributed by atoms with Gasteiger partial charge in [0.15, 0.2) is 0 Å². The summed E-state index contributed by atoms with van der Waals surface area (Å²) in [5.41, 5.74) is 0.200. The van der Waals surface area contributed by atoms with Crippen molar-refractivity contribution in [1.82, 2.24) is 15.5 Å². The second-order valence-corrected chi connectivity index (χ2v) is 6.31. The Morgan fingerprint density at radius 2 is 1.89 bits per heavy atom. The summed E-state index contributed by atoms with van der Waals surface area (Å²) >= 11 is 0.